The molecule has 2 aromatic carbocycles. The molecule has 0 aliphatic rings. The second kappa shape index (κ2) is 9.62. The number of thiazole rings is 1. The molecule has 2 aromatic heterocycles. The Hall–Kier alpha value is -2.70. The monoisotopic (exact) mass is 447 g/mol. The van der Waals surface area contributed by atoms with Gasteiger partial charge in [0.2, 0.25) is 5.91 Å². The fourth-order valence-electron chi connectivity index (χ4n) is 3.39. The van der Waals surface area contributed by atoms with Crippen molar-refractivity contribution in [3.8, 4) is 0 Å². The number of aromatic nitrogens is 2. The van der Waals surface area contributed by atoms with Crippen molar-refractivity contribution in [2.24, 2.45) is 0 Å². The number of fused-ring (bicyclic) bond motifs is 1. The number of hydrogen-bond donors (Lipinski definition) is 0. The number of hydrogen-bond acceptors (Lipinski definition) is 5. The highest BCUT2D eigenvalue weighted by molar-refractivity contribution is 7.99. The molecule has 0 fully saturated rings. The molecule has 0 spiro atoms. The normalized spacial score (nSPS) is 11.1. The summed E-state index contributed by atoms with van der Waals surface area (Å²) in [5.41, 5.74) is 5.19. The summed E-state index contributed by atoms with van der Waals surface area (Å²) in [5, 5.41) is 0.720. The van der Waals surface area contributed by atoms with Crippen LogP contribution in [0.1, 0.15) is 29.3 Å². The Morgan fingerprint density at radius 2 is 1.87 bits per heavy atom. The van der Waals surface area contributed by atoms with E-state index in [4.69, 9.17) is 4.98 Å². The largest absolute Gasteiger partial charge is 0.282 e. The summed E-state index contributed by atoms with van der Waals surface area (Å²) in [6.07, 6.45) is 2.09. The third-order valence-electron chi connectivity index (χ3n) is 5.24. The standard InChI is InChI=1S/C25H25N3OS2/c1-4-30-21-11-9-19(10-12-21)15-23(29)28(16-20-7-5-6-14-26-20)25-27-24-18(3)17(2)8-13-22(24)31-25/h5-14H,4,15-16H2,1-3H3. The molecule has 1 amide bonds. The predicted octanol–water partition coefficient (Wildman–Crippen LogP) is 6.20. The Bertz CT molecular complexity index is 1190. The lowest BCUT2D eigenvalue weighted by atomic mass is 10.1. The summed E-state index contributed by atoms with van der Waals surface area (Å²) < 4.78 is 1.10. The van der Waals surface area contributed by atoms with Crippen LogP contribution in [-0.2, 0) is 17.8 Å². The number of anilines is 1. The fraction of sp³-hybridized carbons (Fsp3) is 0.240. The number of aryl methyl sites for hydroxylation is 2. The molecule has 0 aliphatic carbocycles. The van der Waals surface area contributed by atoms with Crippen molar-refractivity contribution in [2.75, 3.05) is 10.7 Å². The first-order valence-electron chi connectivity index (χ1n) is 10.3. The molecule has 4 rings (SSSR count). The van der Waals surface area contributed by atoms with Gasteiger partial charge in [0.25, 0.3) is 0 Å². The molecule has 4 aromatic rings. The maximum Gasteiger partial charge on any atom is 0.233 e. The third kappa shape index (κ3) is 4.97. The van der Waals surface area contributed by atoms with Gasteiger partial charge in [-0.3, -0.25) is 14.7 Å². The van der Waals surface area contributed by atoms with Crippen LogP contribution in [0, 0.1) is 13.8 Å². The Morgan fingerprint density at radius 1 is 1.06 bits per heavy atom. The van der Waals surface area contributed by atoms with Crippen LogP contribution in [0.2, 0.25) is 0 Å². The van der Waals surface area contributed by atoms with Crippen molar-refractivity contribution >= 4 is 44.4 Å². The summed E-state index contributed by atoms with van der Waals surface area (Å²) in [6, 6.07) is 18.2. The van der Waals surface area contributed by atoms with Crippen molar-refractivity contribution in [1.82, 2.24) is 9.97 Å². The number of nitrogens with zero attached hydrogens (tertiary/aromatic N) is 3. The third-order valence-corrected chi connectivity index (χ3v) is 7.18. The molecule has 0 unspecified atom stereocenters. The minimum absolute atomic E-state index is 0.0231. The van der Waals surface area contributed by atoms with E-state index in [1.54, 1.807) is 34.2 Å². The lowest BCUT2D eigenvalue weighted by Crippen LogP contribution is -2.32. The van der Waals surface area contributed by atoms with E-state index in [1.165, 1.54) is 10.5 Å². The lowest BCUT2D eigenvalue weighted by molar-refractivity contribution is -0.118. The van der Waals surface area contributed by atoms with Crippen molar-refractivity contribution in [1.29, 1.82) is 0 Å². The maximum atomic E-state index is 13.4. The van der Waals surface area contributed by atoms with Gasteiger partial charge in [0.15, 0.2) is 5.13 Å². The van der Waals surface area contributed by atoms with Gasteiger partial charge >= 0.3 is 0 Å². The van der Waals surface area contributed by atoms with Crippen LogP contribution in [0.3, 0.4) is 0 Å². The second-order valence-corrected chi connectivity index (χ2v) is 9.75. The van der Waals surface area contributed by atoms with E-state index < -0.39 is 0 Å². The fourth-order valence-corrected chi connectivity index (χ4v) is 5.09. The number of amides is 1. The van der Waals surface area contributed by atoms with Gasteiger partial charge in [0.05, 0.1) is 28.9 Å². The predicted molar refractivity (Wildman–Crippen MR) is 131 cm³/mol. The molecule has 4 nitrogen and oxygen atoms in total. The van der Waals surface area contributed by atoms with Gasteiger partial charge in [-0.2, -0.15) is 0 Å². The van der Waals surface area contributed by atoms with E-state index in [-0.39, 0.29) is 5.91 Å². The van der Waals surface area contributed by atoms with E-state index in [2.05, 4.69) is 50.0 Å². The maximum absolute atomic E-state index is 13.4. The van der Waals surface area contributed by atoms with Crippen LogP contribution >= 0.6 is 23.1 Å². The van der Waals surface area contributed by atoms with Gasteiger partial charge in [-0.05, 0) is 66.6 Å². The van der Waals surface area contributed by atoms with Crippen LogP contribution < -0.4 is 4.90 Å². The number of carbonyl (C=O) groups excluding carboxylic acids is 1. The van der Waals surface area contributed by atoms with Crippen LogP contribution in [0.5, 0.6) is 0 Å². The van der Waals surface area contributed by atoms with Gasteiger partial charge in [0.1, 0.15) is 0 Å². The SMILES string of the molecule is CCSc1ccc(CC(=O)N(Cc2ccccn2)c2nc3c(C)c(C)ccc3s2)cc1. The van der Waals surface area contributed by atoms with Crippen molar-refractivity contribution in [3.05, 3.63) is 83.2 Å². The Morgan fingerprint density at radius 3 is 2.58 bits per heavy atom. The first-order chi connectivity index (χ1) is 15.0. The van der Waals surface area contributed by atoms with Crippen molar-refractivity contribution in [3.63, 3.8) is 0 Å². The molecule has 0 atom stereocenters. The van der Waals surface area contributed by atoms with E-state index in [0.29, 0.717) is 13.0 Å². The molecule has 2 heterocycles. The number of carbonyl (C=O) groups is 1. The summed E-state index contributed by atoms with van der Waals surface area (Å²) in [6.45, 7) is 6.72. The summed E-state index contributed by atoms with van der Waals surface area (Å²) in [7, 11) is 0. The Balaban J connectivity index is 1.65. The molecule has 0 radical (unpaired) electrons. The molecule has 0 saturated heterocycles. The van der Waals surface area contributed by atoms with Gasteiger partial charge in [0, 0.05) is 11.1 Å². The molecule has 0 aliphatic heterocycles. The highest BCUT2D eigenvalue weighted by Crippen LogP contribution is 2.33. The van der Waals surface area contributed by atoms with E-state index in [0.717, 1.165) is 37.9 Å². The van der Waals surface area contributed by atoms with E-state index in [9.17, 15) is 4.79 Å². The van der Waals surface area contributed by atoms with Crippen molar-refractivity contribution < 1.29 is 4.79 Å². The number of pyridine rings is 1. The molecule has 0 saturated carbocycles. The molecule has 0 bridgehead atoms. The Kier molecular flexibility index (Phi) is 6.68. The minimum atomic E-state index is 0.0231. The van der Waals surface area contributed by atoms with Gasteiger partial charge in [-0.15, -0.1) is 11.8 Å². The molecule has 158 valence electrons. The summed E-state index contributed by atoms with van der Waals surface area (Å²) >= 11 is 3.36. The number of benzene rings is 2. The summed E-state index contributed by atoms with van der Waals surface area (Å²) in [5.74, 6) is 1.06. The second-order valence-electron chi connectivity index (χ2n) is 7.41. The zero-order valence-electron chi connectivity index (χ0n) is 18.0. The number of rotatable bonds is 7. The summed E-state index contributed by atoms with van der Waals surface area (Å²) in [4.78, 5) is 25.7. The first kappa shape index (κ1) is 21.5. The van der Waals surface area contributed by atoms with Crippen LogP contribution in [-0.4, -0.2) is 21.6 Å². The highest BCUT2D eigenvalue weighted by atomic mass is 32.2. The zero-order chi connectivity index (χ0) is 21.8. The van der Waals surface area contributed by atoms with Crippen LogP contribution in [0.4, 0.5) is 5.13 Å². The molecular weight excluding hydrogens is 422 g/mol. The molecule has 31 heavy (non-hydrogen) atoms. The minimum Gasteiger partial charge on any atom is -0.282 e. The van der Waals surface area contributed by atoms with Crippen LogP contribution in [0.25, 0.3) is 10.2 Å². The topological polar surface area (TPSA) is 46.1 Å². The average molecular weight is 448 g/mol. The molecular formula is C25H25N3OS2. The lowest BCUT2D eigenvalue weighted by Gasteiger charge is -2.19. The van der Waals surface area contributed by atoms with Gasteiger partial charge in [-0.1, -0.05) is 42.5 Å². The van der Waals surface area contributed by atoms with Gasteiger partial charge in [-0.25, -0.2) is 4.98 Å². The zero-order valence-corrected chi connectivity index (χ0v) is 19.6. The van der Waals surface area contributed by atoms with Crippen molar-refractivity contribution in [2.45, 2.75) is 38.6 Å². The van der Waals surface area contributed by atoms with E-state index >= 15 is 0 Å². The molecule has 6 heteroatoms. The molecule has 0 N–H and O–H groups in total. The smallest absolute Gasteiger partial charge is 0.233 e. The van der Waals surface area contributed by atoms with E-state index in [1.807, 2.05) is 30.3 Å². The quantitative estimate of drug-likeness (QED) is 0.317. The van der Waals surface area contributed by atoms with Crippen LogP contribution in [0.15, 0.2) is 65.7 Å². The number of thioether (sulfide) groups is 1. The van der Waals surface area contributed by atoms with Gasteiger partial charge < -0.3 is 0 Å². The highest BCUT2D eigenvalue weighted by Gasteiger charge is 2.22. The first-order valence-corrected chi connectivity index (χ1v) is 12.1. The Labute approximate surface area is 191 Å². The average Bonchev–Trinajstić information content (AvgIpc) is 3.21.